The van der Waals surface area contributed by atoms with E-state index in [1.807, 2.05) is 42.1 Å². The molecule has 2 heterocycles. The Hall–Kier alpha value is -4.72. The van der Waals surface area contributed by atoms with Gasteiger partial charge in [-0.3, -0.25) is 9.59 Å². The zero-order valence-corrected chi connectivity index (χ0v) is 18.7. The predicted octanol–water partition coefficient (Wildman–Crippen LogP) is 4.79. The number of carbonyl (C=O) groups excluding carboxylic acids is 1. The van der Waals surface area contributed by atoms with Crippen LogP contribution in [0.25, 0.3) is 22.7 Å². The van der Waals surface area contributed by atoms with E-state index >= 15 is 0 Å². The summed E-state index contributed by atoms with van der Waals surface area (Å²) in [6, 6.07) is 18.8. The lowest BCUT2D eigenvalue weighted by Crippen LogP contribution is -2.10. The summed E-state index contributed by atoms with van der Waals surface area (Å²) in [6.07, 6.45) is 3.50. The number of aryl methyl sites for hydroxylation is 1. The first-order valence-electron chi connectivity index (χ1n) is 10.9. The largest absolute Gasteiger partial charge is 0.481 e. The van der Waals surface area contributed by atoms with Crippen LogP contribution in [0.3, 0.4) is 0 Å². The van der Waals surface area contributed by atoms with Gasteiger partial charge in [0.05, 0.1) is 23.4 Å². The second-order valence-electron chi connectivity index (χ2n) is 8.23. The lowest BCUT2D eigenvalue weighted by molar-refractivity contribution is -0.136. The molecule has 0 fully saturated rings. The number of halogens is 1. The van der Waals surface area contributed by atoms with Crippen molar-refractivity contribution in [2.24, 2.45) is 7.05 Å². The van der Waals surface area contributed by atoms with Crippen LogP contribution in [0.15, 0.2) is 79.1 Å². The van der Waals surface area contributed by atoms with Crippen LogP contribution >= 0.6 is 0 Å². The van der Waals surface area contributed by atoms with Gasteiger partial charge in [0.2, 0.25) is 0 Å². The molecule has 0 bridgehead atoms. The molecule has 0 saturated heterocycles. The van der Waals surface area contributed by atoms with E-state index in [1.54, 1.807) is 36.5 Å². The number of nitrogens with one attached hydrogen (secondary N) is 2. The van der Waals surface area contributed by atoms with Crippen molar-refractivity contribution in [2.75, 3.05) is 10.6 Å². The van der Waals surface area contributed by atoms with E-state index in [0.29, 0.717) is 33.6 Å². The van der Waals surface area contributed by atoms with Gasteiger partial charge in [0, 0.05) is 36.3 Å². The SMILES string of the molecule is Cn1ccnc1-c1ccc(NC(=C2C(=O)Nc3cc(F)ccc32)c2ccc(CC(=O)O)cc2)cc1. The Balaban J connectivity index is 1.57. The minimum Gasteiger partial charge on any atom is -0.481 e. The lowest BCUT2D eigenvalue weighted by atomic mass is 9.98. The summed E-state index contributed by atoms with van der Waals surface area (Å²) < 4.78 is 15.7. The maximum atomic E-state index is 13.8. The molecule has 0 spiro atoms. The van der Waals surface area contributed by atoms with E-state index in [1.165, 1.54) is 12.1 Å². The van der Waals surface area contributed by atoms with E-state index in [0.717, 1.165) is 17.1 Å². The van der Waals surface area contributed by atoms with Crippen molar-refractivity contribution in [3.8, 4) is 11.4 Å². The monoisotopic (exact) mass is 468 g/mol. The maximum Gasteiger partial charge on any atom is 0.307 e. The fraction of sp³-hybridized carbons (Fsp3) is 0.0741. The van der Waals surface area contributed by atoms with Gasteiger partial charge in [0.25, 0.3) is 5.91 Å². The van der Waals surface area contributed by atoms with Gasteiger partial charge in [-0.1, -0.05) is 24.3 Å². The molecule has 0 saturated carbocycles. The third-order valence-corrected chi connectivity index (χ3v) is 5.81. The molecule has 1 aliphatic rings. The van der Waals surface area contributed by atoms with Crippen LogP contribution in [0.1, 0.15) is 16.7 Å². The second-order valence-corrected chi connectivity index (χ2v) is 8.23. The molecule has 0 radical (unpaired) electrons. The summed E-state index contributed by atoms with van der Waals surface area (Å²) in [5, 5.41) is 15.2. The smallest absolute Gasteiger partial charge is 0.307 e. The molecular formula is C27H21FN4O3. The van der Waals surface area contributed by atoms with Gasteiger partial charge in [-0.2, -0.15) is 0 Å². The van der Waals surface area contributed by atoms with Gasteiger partial charge in [-0.05, 0) is 53.6 Å². The van der Waals surface area contributed by atoms with E-state index in [-0.39, 0.29) is 12.3 Å². The predicted molar refractivity (Wildman–Crippen MR) is 132 cm³/mol. The number of hydrogen-bond acceptors (Lipinski definition) is 4. The Morgan fingerprint density at radius 1 is 1.09 bits per heavy atom. The number of benzene rings is 3. The van der Waals surface area contributed by atoms with Crippen LogP contribution < -0.4 is 10.6 Å². The number of imidazole rings is 1. The summed E-state index contributed by atoms with van der Waals surface area (Å²) in [4.78, 5) is 28.4. The lowest BCUT2D eigenvalue weighted by Gasteiger charge is -2.16. The molecule has 1 aromatic heterocycles. The molecule has 7 nitrogen and oxygen atoms in total. The number of hydrogen-bond donors (Lipinski definition) is 3. The number of carboxylic acids is 1. The summed E-state index contributed by atoms with van der Waals surface area (Å²) in [6.45, 7) is 0. The molecule has 3 N–H and O–H groups in total. The van der Waals surface area contributed by atoms with Crippen molar-refractivity contribution in [3.63, 3.8) is 0 Å². The highest BCUT2D eigenvalue weighted by Crippen LogP contribution is 2.38. The number of carbonyl (C=O) groups is 2. The van der Waals surface area contributed by atoms with Crippen LogP contribution in [0.2, 0.25) is 0 Å². The Morgan fingerprint density at radius 3 is 2.49 bits per heavy atom. The zero-order chi connectivity index (χ0) is 24.5. The molecule has 4 aromatic rings. The summed E-state index contributed by atoms with van der Waals surface area (Å²) >= 11 is 0. The Bertz CT molecular complexity index is 1470. The highest BCUT2D eigenvalue weighted by molar-refractivity contribution is 6.37. The second kappa shape index (κ2) is 8.90. The minimum absolute atomic E-state index is 0.100. The average Bonchev–Trinajstić information content (AvgIpc) is 3.40. The molecule has 0 unspecified atom stereocenters. The number of rotatable bonds is 6. The van der Waals surface area contributed by atoms with E-state index < -0.39 is 11.8 Å². The number of nitrogens with zero attached hydrogens (tertiary/aromatic N) is 2. The molecule has 0 aliphatic carbocycles. The molecule has 5 rings (SSSR count). The molecule has 174 valence electrons. The summed E-state index contributed by atoms with van der Waals surface area (Å²) in [5.41, 5.74) is 4.89. The van der Waals surface area contributed by atoms with Crippen LogP contribution in [-0.2, 0) is 23.1 Å². The number of fused-ring (bicyclic) bond motifs is 1. The molecule has 0 atom stereocenters. The van der Waals surface area contributed by atoms with E-state index in [4.69, 9.17) is 5.11 Å². The normalized spacial score (nSPS) is 13.8. The topological polar surface area (TPSA) is 96.3 Å². The van der Waals surface area contributed by atoms with Gasteiger partial charge < -0.3 is 20.3 Å². The van der Waals surface area contributed by atoms with E-state index in [9.17, 15) is 14.0 Å². The fourth-order valence-corrected chi connectivity index (χ4v) is 4.13. The van der Waals surface area contributed by atoms with Crippen molar-refractivity contribution in [1.82, 2.24) is 9.55 Å². The zero-order valence-electron chi connectivity index (χ0n) is 18.7. The van der Waals surface area contributed by atoms with Crippen LogP contribution in [0, 0.1) is 5.82 Å². The van der Waals surface area contributed by atoms with Crippen molar-refractivity contribution in [2.45, 2.75) is 6.42 Å². The van der Waals surface area contributed by atoms with Crippen molar-refractivity contribution in [1.29, 1.82) is 0 Å². The summed E-state index contributed by atoms with van der Waals surface area (Å²) in [7, 11) is 1.92. The van der Waals surface area contributed by atoms with Crippen LogP contribution in [0.5, 0.6) is 0 Å². The first kappa shape index (κ1) is 22.1. The molecule has 1 aliphatic heterocycles. The number of anilines is 2. The average molecular weight is 468 g/mol. The number of aromatic nitrogens is 2. The fourth-order valence-electron chi connectivity index (χ4n) is 4.13. The van der Waals surface area contributed by atoms with Gasteiger partial charge in [0.15, 0.2) is 0 Å². The van der Waals surface area contributed by atoms with E-state index in [2.05, 4.69) is 15.6 Å². The third-order valence-electron chi connectivity index (χ3n) is 5.81. The Morgan fingerprint density at radius 2 is 1.83 bits per heavy atom. The number of amides is 1. The third kappa shape index (κ3) is 4.41. The molecule has 35 heavy (non-hydrogen) atoms. The maximum absolute atomic E-state index is 13.8. The molecule has 3 aromatic carbocycles. The minimum atomic E-state index is -0.923. The first-order chi connectivity index (χ1) is 16.9. The van der Waals surface area contributed by atoms with Crippen LogP contribution in [-0.4, -0.2) is 26.5 Å². The standard InChI is InChI=1S/C27H21FN4O3/c1-32-13-12-29-26(32)18-6-9-20(10-7-18)30-25(17-4-2-16(3-5-17)14-23(33)34)24-21-11-8-19(28)15-22(21)31-27(24)35/h2-13,15,30H,14H2,1H3,(H,31,35)(H,33,34). The van der Waals surface area contributed by atoms with Crippen molar-refractivity contribution >= 4 is 34.5 Å². The van der Waals surface area contributed by atoms with Crippen molar-refractivity contribution in [3.05, 3.63) is 102 Å². The molecule has 1 amide bonds. The quantitative estimate of drug-likeness (QED) is 0.354. The number of aliphatic carboxylic acids is 1. The number of carboxylic acid groups (broad SMARTS) is 1. The molecule has 8 heteroatoms. The Kier molecular flexibility index (Phi) is 5.62. The van der Waals surface area contributed by atoms with Crippen LogP contribution in [0.4, 0.5) is 15.8 Å². The van der Waals surface area contributed by atoms with Crippen molar-refractivity contribution < 1.29 is 19.1 Å². The van der Waals surface area contributed by atoms with Gasteiger partial charge in [-0.15, -0.1) is 0 Å². The van der Waals surface area contributed by atoms with Gasteiger partial charge >= 0.3 is 5.97 Å². The first-order valence-corrected chi connectivity index (χ1v) is 10.9. The van der Waals surface area contributed by atoms with Gasteiger partial charge in [-0.25, -0.2) is 9.37 Å². The highest BCUT2D eigenvalue weighted by Gasteiger charge is 2.29. The Labute approximate surface area is 200 Å². The summed E-state index contributed by atoms with van der Waals surface area (Å²) in [5.74, 6) is -0.890. The highest BCUT2D eigenvalue weighted by atomic mass is 19.1. The van der Waals surface area contributed by atoms with Gasteiger partial charge in [0.1, 0.15) is 11.6 Å². The molecular weight excluding hydrogens is 447 g/mol.